The van der Waals surface area contributed by atoms with Gasteiger partial charge in [0.15, 0.2) is 0 Å². The second-order valence-electron chi connectivity index (χ2n) is 10.7. The third-order valence-corrected chi connectivity index (χ3v) is 8.17. The van der Waals surface area contributed by atoms with Gasteiger partial charge >= 0.3 is 6.09 Å². The van der Waals surface area contributed by atoms with Crippen LogP contribution < -0.4 is 10.6 Å². The standard InChI is InChI=1S/C30H37F2N3O4/c31-29(32)21-10-5-11-25-24(18-21)28-23(27(34-25)20-8-3-1-2-4-9-20)14-13-22(39-28)19-38-30(37)33-15-7-17-35-16-6-12-26(35)36/h1,3-4,8-10,18,22-23,25,27-29,34H,5-7,11-17,19H2,(H,33,37)/t22?,23?,25?,27-,28?/m0/s1. The molecule has 2 amide bonds. The molecule has 0 radical (unpaired) electrons. The molecular weight excluding hydrogens is 504 g/mol. The molecule has 4 unspecified atom stereocenters. The van der Waals surface area contributed by atoms with Crippen LogP contribution in [0.1, 0.15) is 44.9 Å². The molecule has 3 fully saturated rings. The molecule has 39 heavy (non-hydrogen) atoms. The molecule has 5 rings (SSSR count). The van der Waals surface area contributed by atoms with E-state index in [0.29, 0.717) is 45.2 Å². The number of likely N-dealkylation sites (tertiary alicyclic amines) is 1. The number of carbonyl (C=O) groups is 2. The molecule has 2 aliphatic carbocycles. The lowest BCUT2D eigenvalue weighted by atomic mass is 9.73. The maximum atomic E-state index is 13.7. The van der Waals surface area contributed by atoms with Crippen molar-refractivity contribution < 1.29 is 27.8 Å². The van der Waals surface area contributed by atoms with Crippen molar-refractivity contribution in [1.82, 2.24) is 15.5 Å². The highest BCUT2D eigenvalue weighted by Gasteiger charge is 2.46. The largest absolute Gasteiger partial charge is 0.447 e. The summed E-state index contributed by atoms with van der Waals surface area (Å²) in [6, 6.07) is -0.0672. The number of alkyl carbamates (subject to hydrolysis) is 1. The number of hydrogen-bond donors (Lipinski definition) is 2. The second-order valence-corrected chi connectivity index (χ2v) is 10.7. The Labute approximate surface area is 228 Å². The lowest BCUT2D eigenvalue weighted by Crippen LogP contribution is -2.59. The number of hydrogen-bond acceptors (Lipinski definition) is 5. The van der Waals surface area contributed by atoms with Gasteiger partial charge in [-0.2, -0.15) is 0 Å². The third kappa shape index (κ3) is 6.78. The van der Waals surface area contributed by atoms with E-state index < -0.39 is 12.5 Å². The van der Waals surface area contributed by atoms with Crippen molar-refractivity contribution in [3.63, 3.8) is 0 Å². The zero-order valence-corrected chi connectivity index (χ0v) is 22.1. The lowest BCUT2D eigenvalue weighted by molar-refractivity contribution is -0.127. The van der Waals surface area contributed by atoms with E-state index in [9.17, 15) is 18.4 Å². The Bertz CT molecular complexity index is 1120. The highest BCUT2D eigenvalue weighted by Crippen LogP contribution is 2.42. The van der Waals surface area contributed by atoms with Crippen molar-refractivity contribution in [1.29, 1.82) is 0 Å². The quantitative estimate of drug-likeness (QED) is 0.353. The van der Waals surface area contributed by atoms with Gasteiger partial charge in [-0.05, 0) is 67.9 Å². The van der Waals surface area contributed by atoms with Crippen molar-refractivity contribution in [2.24, 2.45) is 5.92 Å². The van der Waals surface area contributed by atoms with Crippen LogP contribution in [0.2, 0.25) is 0 Å². The third-order valence-electron chi connectivity index (χ3n) is 8.17. The van der Waals surface area contributed by atoms with E-state index in [1.54, 1.807) is 12.2 Å². The molecule has 0 aromatic rings. The number of rotatable bonds is 8. The number of piperidine rings is 1. The highest BCUT2D eigenvalue weighted by molar-refractivity contribution is 5.78. The Balaban J connectivity index is 1.21. The van der Waals surface area contributed by atoms with Gasteiger partial charge in [0.25, 0.3) is 6.43 Å². The fraction of sp³-hybridized carbons (Fsp3) is 0.567. The zero-order valence-electron chi connectivity index (χ0n) is 22.1. The molecule has 210 valence electrons. The summed E-state index contributed by atoms with van der Waals surface area (Å²) in [7, 11) is 0. The number of ether oxygens (including phenoxy) is 2. The predicted octanol–water partition coefficient (Wildman–Crippen LogP) is 4.35. The number of halogens is 2. The van der Waals surface area contributed by atoms with Crippen LogP contribution in [0.15, 0.2) is 65.0 Å². The van der Waals surface area contributed by atoms with E-state index >= 15 is 0 Å². The number of alkyl halides is 2. The van der Waals surface area contributed by atoms with Gasteiger partial charge < -0.3 is 25.0 Å². The van der Waals surface area contributed by atoms with Crippen LogP contribution in [0.4, 0.5) is 13.6 Å². The fourth-order valence-electron chi connectivity index (χ4n) is 6.23. The summed E-state index contributed by atoms with van der Waals surface area (Å²) in [5.41, 5.74) is 5.11. The minimum absolute atomic E-state index is 0.0127. The normalized spacial score (nSPS) is 30.1. The molecule has 9 heteroatoms. The number of carbonyl (C=O) groups excluding carboxylic acids is 2. The van der Waals surface area contributed by atoms with Gasteiger partial charge in [-0.3, -0.25) is 4.79 Å². The Morgan fingerprint density at radius 3 is 3.00 bits per heavy atom. The van der Waals surface area contributed by atoms with Crippen LogP contribution >= 0.6 is 0 Å². The maximum Gasteiger partial charge on any atom is 0.407 e. The first-order valence-electron chi connectivity index (χ1n) is 14.1. The molecule has 7 nitrogen and oxygen atoms in total. The van der Waals surface area contributed by atoms with Crippen molar-refractivity contribution in [3.8, 4) is 0 Å². The van der Waals surface area contributed by atoms with E-state index in [1.165, 1.54) is 0 Å². The Morgan fingerprint density at radius 1 is 1.28 bits per heavy atom. The average Bonchev–Trinajstić information content (AvgIpc) is 3.12. The second kappa shape index (κ2) is 12.9. The van der Waals surface area contributed by atoms with Gasteiger partial charge in [-0.15, -0.1) is 5.73 Å². The van der Waals surface area contributed by atoms with Crippen LogP contribution in [0, 0.1) is 5.92 Å². The molecule has 0 aromatic heterocycles. The minimum atomic E-state index is -2.54. The summed E-state index contributed by atoms with van der Waals surface area (Å²) in [5.74, 6) is 0.234. The molecule has 5 atom stereocenters. The topological polar surface area (TPSA) is 79.9 Å². The van der Waals surface area contributed by atoms with Crippen molar-refractivity contribution in [2.75, 3.05) is 26.2 Å². The fourth-order valence-corrected chi connectivity index (χ4v) is 6.23. The van der Waals surface area contributed by atoms with Crippen LogP contribution in [0.25, 0.3) is 0 Å². The first kappa shape index (κ1) is 27.6. The molecule has 0 saturated carbocycles. The molecule has 3 aliphatic heterocycles. The van der Waals surface area contributed by atoms with Crippen LogP contribution in [0.5, 0.6) is 0 Å². The predicted molar refractivity (Wildman–Crippen MR) is 143 cm³/mol. The SMILES string of the molecule is O=C(NCCCN1CCCC1=O)OCC1CCC2C(O1)C1=CC(C(F)F)=CCCC1N[C@H]2C1=CC=C=CC=C1. The number of nitrogens with zero attached hydrogens (tertiary/aromatic N) is 1. The molecular formula is C30H37F2N3O4. The summed E-state index contributed by atoms with van der Waals surface area (Å²) in [5, 5.41) is 6.49. The highest BCUT2D eigenvalue weighted by atomic mass is 19.3. The van der Waals surface area contributed by atoms with Crippen LogP contribution in [-0.4, -0.2) is 73.9 Å². The number of allylic oxidation sites excluding steroid dienone is 6. The van der Waals surface area contributed by atoms with E-state index in [2.05, 4.69) is 22.4 Å². The van der Waals surface area contributed by atoms with Crippen LogP contribution in [-0.2, 0) is 14.3 Å². The Kier molecular flexibility index (Phi) is 9.12. The maximum absolute atomic E-state index is 13.7. The van der Waals surface area contributed by atoms with E-state index in [4.69, 9.17) is 9.47 Å². The zero-order chi connectivity index (χ0) is 27.2. The minimum Gasteiger partial charge on any atom is -0.447 e. The summed E-state index contributed by atoms with van der Waals surface area (Å²) >= 11 is 0. The van der Waals surface area contributed by atoms with E-state index in [-0.39, 0.29) is 48.3 Å². The number of nitrogens with one attached hydrogen (secondary N) is 2. The van der Waals surface area contributed by atoms with E-state index in [0.717, 1.165) is 30.5 Å². The van der Waals surface area contributed by atoms with E-state index in [1.807, 2.05) is 29.2 Å². The first-order chi connectivity index (χ1) is 19.0. The molecule has 2 N–H and O–H groups in total. The Morgan fingerprint density at radius 2 is 2.18 bits per heavy atom. The Hall–Kier alpha value is -3.00. The van der Waals surface area contributed by atoms with Crippen LogP contribution in [0.3, 0.4) is 0 Å². The van der Waals surface area contributed by atoms with Gasteiger partial charge in [0, 0.05) is 49.6 Å². The summed E-state index contributed by atoms with van der Waals surface area (Å²) in [6.07, 6.45) is 14.3. The van der Waals surface area contributed by atoms with Crippen molar-refractivity contribution in [3.05, 3.63) is 65.0 Å². The van der Waals surface area contributed by atoms with Gasteiger partial charge in [-0.1, -0.05) is 24.3 Å². The monoisotopic (exact) mass is 541 g/mol. The smallest absolute Gasteiger partial charge is 0.407 e. The first-order valence-corrected chi connectivity index (χ1v) is 14.1. The summed E-state index contributed by atoms with van der Waals surface area (Å²) < 4.78 is 39.5. The van der Waals surface area contributed by atoms with Gasteiger partial charge in [0.05, 0.1) is 12.2 Å². The molecule has 5 aliphatic rings. The van der Waals surface area contributed by atoms with Gasteiger partial charge in [0.2, 0.25) is 5.91 Å². The van der Waals surface area contributed by atoms with Crippen molar-refractivity contribution in [2.45, 2.75) is 75.7 Å². The molecule has 3 heterocycles. The summed E-state index contributed by atoms with van der Waals surface area (Å²) in [4.78, 5) is 25.8. The number of amides is 2. The van der Waals surface area contributed by atoms with Gasteiger partial charge in [0.1, 0.15) is 6.61 Å². The van der Waals surface area contributed by atoms with Gasteiger partial charge in [-0.25, -0.2) is 13.6 Å². The lowest BCUT2D eigenvalue weighted by Gasteiger charge is -2.49. The molecule has 0 spiro atoms. The molecule has 0 bridgehead atoms. The average molecular weight is 542 g/mol. The number of fused-ring (bicyclic) bond motifs is 3. The molecule has 0 aromatic carbocycles. The molecule has 3 saturated heterocycles. The summed E-state index contributed by atoms with van der Waals surface area (Å²) in [6.45, 7) is 1.94. The van der Waals surface area contributed by atoms with Crippen molar-refractivity contribution >= 4 is 12.0 Å².